The van der Waals surface area contributed by atoms with Gasteiger partial charge in [-0.1, -0.05) is 38.6 Å². The number of hydrogen-bond donors (Lipinski definition) is 0. The highest BCUT2D eigenvalue weighted by molar-refractivity contribution is 5.92. The zero-order valence-corrected chi connectivity index (χ0v) is 24.8. The number of halogens is 2. The molecule has 0 radical (unpaired) electrons. The third-order valence-electron chi connectivity index (χ3n) is 7.99. The number of hydrogen-bond acceptors (Lipinski definition) is 7. The van der Waals surface area contributed by atoms with Crippen molar-refractivity contribution in [3.05, 3.63) is 88.6 Å². The van der Waals surface area contributed by atoms with Crippen molar-refractivity contribution in [3.63, 3.8) is 0 Å². The van der Waals surface area contributed by atoms with Crippen molar-refractivity contribution >= 4 is 28.8 Å². The molecular weight excluding hydrogens is 566 g/mol. The number of benzene rings is 1. The molecule has 3 aromatic heterocycles. The first kappa shape index (κ1) is 29.2. The maximum atomic E-state index is 16.2. The van der Waals surface area contributed by atoms with Crippen molar-refractivity contribution in [2.75, 3.05) is 31.1 Å². The average Bonchev–Trinajstić information content (AvgIpc) is 3.01. The highest BCUT2D eigenvalue weighted by atomic mass is 19.1. The summed E-state index contributed by atoms with van der Waals surface area (Å²) in [5.41, 5.74) is 0.843. The Labute approximate surface area is 253 Å². The summed E-state index contributed by atoms with van der Waals surface area (Å²) in [6.45, 7) is 10.7. The van der Waals surface area contributed by atoms with E-state index >= 15 is 8.78 Å². The average molecular weight is 599 g/mol. The molecule has 2 bridgehead atoms. The number of nitrogens with zero attached hydrogens (tertiary/aromatic N) is 6. The van der Waals surface area contributed by atoms with Gasteiger partial charge in [0.05, 0.1) is 28.9 Å². The van der Waals surface area contributed by atoms with E-state index in [1.54, 1.807) is 23.2 Å². The largest absolute Gasteiger partial charge is 0.492 e. The molecule has 1 saturated heterocycles. The number of piperazine rings is 1. The molecule has 0 saturated carbocycles. The molecule has 1 amide bonds. The Morgan fingerprint density at radius 1 is 1.16 bits per heavy atom. The fourth-order valence-corrected chi connectivity index (χ4v) is 5.89. The highest BCUT2D eigenvalue weighted by Crippen LogP contribution is 2.38. The van der Waals surface area contributed by atoms with E-state index in [4.69, 9.17) is 9.72 Å². The smallest absolute Gasteiger partial charge is 0.355 e. The third kappa shape index (κ3) is 5.01. The first-order chi connectivity index (χ1) is 21.2. The minimum Gasteiger partial charge on any atom is -0.492 e. The molecule has 1 fully saturated rings. The Morgan fingerprint density at radius 2 is 1.98 bits per heavy atom. The van der Waals surface area contributed by atoms with Gasteiger partial charge in [-0.05, 0) is 49.6 Å². The zero-order chi connectivity index (χ0) is 31.1. The lowest BCUT2D eigenvalue weighted by atomic mass is 10.0. The molecule has 2 aliphatic heterocycles. The van der Waals surface area contributed by atoms with Crippen LogP contribution in [0.4, 0.5) is 14.6 Å². The lowest BCUT2D eigenvalue weighted by molar-refractivity contribution is -0.126. The first-order valence-corrected chi connectivity index (χ1v) is 14.6. The normalized spacial score (nSPS) is 17.3. The van der Waals surface area contributed by atoms with Crippen LogP contribution in [0.3, 0.4) is 0 Å². The number of aromatic nitrogens is 4. The van der Waals surface area contributed by atoms with E-state index in [1.807, 2.05) is 37.8 Å². The number of pyridine rings is 2. The quantitative estimate of drug-likeness (QED) is 0.297. The molecule has 1 atom stereocenters. The van der Waals surface area contributed by atoms with Crippen LogP contribution in [0, 0.1) is 11.6 Å². The van der Waals surface area contributed by atoms with Gasteiger partial charge in [-0.25, -0.2) is 23.1 Å². The van der Waals surface area contributed by atoms with Crippen LogP contribution >= 0.6 is 0 Å². The van der Waals surface area contributed by atoms with Gasteiger partial charge in [-0.15, -0.1) is 0 Å². The Morgan fingerprint density at radius 3 is 2.73 bits per heavy atom. The number of amides is 1. The van der Waals surface area contributed by atoms with Crippen molar-refractivity contribution in [1.82, 2.24) is 24.4 Å². The van der Waals surface area contributed by atoms with Crippen LogP contribution in [-0.4, -0.2) is 62.6 Å². The Bertz CT molecular complexity index is 1890. The molecule has 1 aromatic carbocycles. The first-order valence-electron chi connectivity index (χ1n) is 14.6. The van der Waals surface area contributed by atoms with E-state index < -0.39 is 17.3 Å². The van der Waals surface area contributed by atoms with Gasteiger partial charge in [0.2, 0.25) is 5.91 Å². The molecule has 0 spiro atoms. The molecule has 5 heterocycles. The van der Waals surface area contributed by atoms with Gasteiger partial charge in [-0.3, -0.25) is 9.78 Å². The predicted molar refractivity (Wildman–Crippen MR) is 165 cm³/mol. The van der Waals surface area contributed by atoms with Crippen LogP contribution in [0.5, 0.6) is 5.75 Å². The topological polar surface area (TPSA) is 93.5 Å². The van der Waals surface area contributed by atoms with E-state index in [-0.39, 0.29) is 58.3 Å². The van der Waals surface area contributed by atoms with E-state index in [9.17, 15) is 9.59 Å². The number of carbonyl (C=O) groups is 1. The molecule has 2 aliphatic rings. The summed E-state index contributed by atoms with van der Waals surface area (Å²) in [5.74, 6) is -1.40. The molecule has 9 nitrogen and oxygen atoms in total. The minimum absolute atomic E-state index is 0.0902. The second kappa shape index (κ2) is 11.6. The van der Waals surface area contributed by atoms with Crippen LogP contribution in [0.1, 0.15) is 44.4 Å². The maximum absolute atomic E-state index is 16.2. The number of fused-ring (bicyclic) bond motifs is 5. The number of rotatable bonds is 3. The van der Waals surface area contributed by atoms with E-state index in [0.717, 1.165) is 0 Å². The fraction of sp³-hybridized carbons (Fsp3) is 0.303. The summed E-state index contributed by atoms with van der Waals surface area (Å²) in [7, 11) is 0. The summed E-state index contributed by atoms with van der Waals surface area (Å²) in [6, 6.07) is 7.07. The van der Waals surface area contributed by atoms with Crippen LogP contribution in [-0.2, 0) is 4.79 Å². The molecule has 0 aliphatic carbocycles. The Kier molecular flexibility index (Phi) is 7.71. The summed E-state index contributed by atoms with van der Waals surface area (Å²) in [4.78, 5) is 43.8. The van der Waals surface area contributed by atoms with Gasteiger partial charge in [0.15, 0.2) is 11.5 Å². The second-order valence-corrected chi connectivity index (χ2v) is 11.2. The molecule has 226 valence electrons. The monoisotopic (exact) mass is 598 g/mol. The van der Waals surface area contributed by atoms with Gasteiger partial charge in [0.25, 0.3) is 0 Å². The predicted octanol–water partition coefficient (Wildman–Crippen LogP) is 5.26. The van der Waals surface area contributed by atoms with E-state index in [1.165, 1.54) is 28.8 Å². The van der Waals surface area contributed by atoms with Crippen molar-refractivity contribution in [1.29, 1.82) is 0 Å². The Balaban J connectivity index is 1.70. The van der Waals surface area contributed by atoms with Gasteiger partial charge in [0.1, 0.15) is 23.1 Å². The maximum Gasteiger partial charge on any atom is 0.355 e. The number of anilines is 1. The van der Waals surface area contributed by atoms with Crippen LogP contribution < -0.4 is 15.3 Å². The minimum atomic E-state index is -0.794. The summed E-state index contributed by atoms with van der Waals surface area (Å²) >= 11 is 0. The Hall–Kier alpha value is -4.93. The molecule has 4 aromatic rings. The standard InChI is InChI=1S/C33H32F2N6O3/c1-5-26(42)39-14-15-40(20(4)18-39)31-22-17-24(35)29-27-23(34)10-8-11-25(27)44-16-7-6-9-21-12-13-36-28(19(2)3)30(21)41(32(22)37-29)33(43)38-31/h5-6,8-13,17,19-20H,1,7,14-16,18H2,2-4H3/b9-6-/t20-/m0/s1. The van der Waals surface area contributed by atoms with Crippen molar-refractivity contribution in [2.45, 2.75) is 39.2 Å². The molecule has 11 heteroatoms. The van der Waals surface area contributed by atoms with Crippen LogP contribution in [0.15, 0.2) is 60.1 Å². The third-order valence-corrected chi connectivity index (χ3v) is 7.99. The molecule has 6 rings (SSSR count). The van der Waals surface area contributed by atoms with Gasteiger partial charge >= 0.3 is 5.69 Å². The lowest BCUT2D eigenvalue weighted by Gasteiger charge is -2.40. The highest BCUT2D eigenvalue weighted by Gasteiger charge is 2.31. The molecule has 0 N–H and O–H groups in total. The van der Waals surface area contributed by atoms with Gasteiger partial charge in [0, 0.05) is 37.4 Å². The van der Waals surface area contributed by atoms with Crippen molar-refractivity contribution in [2.24, 2.45) is 0 Å². The van der Waals surface area contributed by atoms with Crippen molar-refractivity contribution in [3.8, 4) is 22.7 Å². The lowest BCUT2D eigenvalue weighted by Crippen LogP contribution is -2.54. The van der Waals surface area contributed by atoms with Gasteiger partial charge < -0.3 is 14.5 Å². The number of carbonyl (C=O) groups excluding carboxylic acids is 1. The van der Waals surface area contributed by atoms with Crippen molar-refractivity contribution < 1.29 is 18.3 Å². The molecular formula is C33H32F2N6O3. The number of ether oxygens (including phenoxy) is 1. The van der Waals surface area contributed by atoms with E-state index in [2.05, 4.69) is 16.5 Å². The van der Waals surface area contributed by atoms with E-state index in [0.29, 0.717) is 43.0 Å². The molecule has 44 heavy (non-hydrogen) atoms. The van der Waals surface area contributed by atoms with Gasteiger partial charge in [-0.2, -0.15) is 4.98 Å². The SMILES string of the molecule is C=CC(=O)N1CCN(c2nc(=O)n3c4nc(c(F)cc24)-c2c(F)cccc2OCC/C=C\c2ccnc(C(C)C)c2-3)[C@@H](C)C1. The second-order valence-electron chi connectivity index (χ2n) is 11.2. The summed E-state index contributed by atoms with van der Waals surface area (Å²) in [6.07, 6.45) is 7.20. The molecule has 0 unspecified atom stereocenters. The van der Waals surface area contributed by atoms with Crippen LogP contribution in [0.2, 0.25) is 0 Å². The summed E-state index contributed by atoms with van der Waals surface area (Å²) < 4.78 is 38.9. The fourth-order valence-electron chi connectivity index (χ4n) is 5.89. The summed E-state index contributed by atoms with van der Waals surface area (Å²) in [5, 5.41) is 0.267. The zero-order valence-electron chi connectivity index (χ0n) is 24.8. The van der Waals surface area contributed by atoms with Crippen LogP contribution in [0.25, 0.3) is 34.1 Å².